The molecule has 2 aromatic rings. The zero-order chi connectivity index (χ0) is 21.1. The third-order valence-electron chi connectivity index (χ3n) is 5.14. The minimum atomic E-state index is -3.51. The molecule has 0 aliphatic carbocycles. The van der Waals surface area contributed by atoms with Gasteiger partial charge in [0, 0.05) is 26.1 Å². The van der Waals surface area contributed by atoms with Crippen LogP contribution in [0, 0.1) is 0 Å². The summed E-state index contributed by atoms with van der Waals surface area (Å²) in [6.45, 7) is 1.32. The SMILES string of the molecule is O=C(NCc1cccc(S(=O)(=O)N2CCCCC2)c1)C1CC(c2ccc(Cl)s2)=NO1. The summed E-state index contributed by atoms with van der Waals surface area (Å²) in [5, 5.41) is 6.81. The number of piperidine rings is 1. The maximum absolute atomic E-state index is 12.9. The Morgan fingerprint density at radius 2 is 2.03 bits per heavy atom. The maximum Gasteiger partial charge on any atom is 0.264 e. The number of oxime groups is 1. The fourth-order valence-corrected chi connectivity index (χ4v) is 6.13. The van der Waals surface area contributed by atoms with Crippen molar-refractivity contribution in [1.82, 2.24) is 9.62 Å². The Balaban J connectivity index is 1.35. The maximum atomic E-state index is 12.9. The van der Waals surface area contributed by atoms with Gasteiger partial charge in [0.25, 0.3) is 5.91 Å². The first-order chi connectivity index (χ1) is 14.4. The van der Waals surface area contributed by atoms with E-state index < -0.39 is 16.1 Å². The highest BCUT2D eigenvalue weighted by atomic mass is 35.5. The van der Waals surface area contributed by atoms with Gasteiger partial charge in [-0.2, -0.15) is 4.31 Å². The Morgan fingerprint density at radius 3 is 2.77 bits per heavy atom. The van der Waals surface area contributed by atoms with E-state index in [0.29, 0.717) is 35.1 Å². The number of nitrogens with one attached hydrogen (secondary N) is 1. The first kappa shape index (κ1) is 21.3. The molecule has 0 radical (unpaired) electrons. The molecule has 1 saturated heterocycles. The van der Waals surface area contributed by atoms with Crippen molar-refractivity contribution in [1.29, 1.82) is 0 Å². The van der Waals surface area contributed by atoms with Crippen LogP contribution in [0.3, 0.4) is 0 Å². The van der Waals surface area contributed by atoms with Crippen molar-refractivity contribution in [3.05, 3.63) is 51.2 Å². The molecule has 1 aromatic heterocycles. The highest BCUT2D eigenvalue weighted by molar-refractivity contribution is 7.89. The first-order valence-corrected chi connectivity index (χ1v) is 12.4. The molecule has 1 N–H and O–H groups in total. The van der Waals surface area contributed by atoms with Gasteiger partial charge in [0.05, 0.1) is 14.1 Å². The summed E-state index contributed by atoms with van der Waals surface area (Å²) in [6, 6.07) is 10.3. The molecule has 1 fully saturated rings. The van der Waals surface area contributed by atoms with E-state index in [1.807, 2.05) is 6.07 Å². The summed E-state index contributed by atoms with van der Waals surface area (Å²) in [5.74, 6) is -0.291. The number of hydrogen-bond donors (Lipinski definition) is 1. The number of rotatable bonds is 6. The van der Waals surface area contributed by atoms with Crippen LogP contribution in [0.1, 0.15) is 36.1 Å². The summed E-state index contributed by atoms with van der Waals surface area (Å²) in [5.41, 5.74) is 1.41. The number of carbonyl (C=O) groups excluding carboxylic acids is 1. The van der Waals surface area contributed by atoms with Gasteiger partial charge in [0.15, 0.2) is 0 Å². The largest absolute Gasteiger partial charge is 0.382 e. The van der Waals surface area contributed by atoms with Gasteiger partial charge in [0.2, 0.25) is 16.1 Å². The summed E-state index contributed by atoms with van der Waals surface area (Å²) >= 11 is 7.33. The molecule has 1 aromatic carbocycles. The van der Waals surface area contributed by atoms with Crippen LogP contribution in [0.5, 0.6) is 0 Å². The molecular weight excluding hydrogens is 446 g/mol. The van der Waals surface area contributed by atoms with Crippen molar-refractivity contribution >= 4 is 44.6 Å². The first-order valence-electron chi connectivity index (χ1n) is 9.79. The van der Waals surface area contributed by atoms with Crippen LogP contribution in [0.15, 0.2) is 46.4 Å². The third-order valence-corrected chi connectivity index (χ3v) is 8.31. The lowest BCUT2D eigenvalue weighted by molar-refractivity contribution is -0.131. The molecule has 4 rings (SSSR count). The topological polar surface area (TPSA) is 88.1 Å². The molecule has 2 aliphatic heterocycles. The van der Waals surface area contributed by atoms with E-state index in [1.54, 1.807) is 30.3 Å². The molecule has 1 atom stereocenters. The van der Waals surface area contributed by atoms with E-state index in [1.165, 1.54) is 15.6 Å². The van der Waals surface area contributed by atoms with Crippen LogP contribution in [0.4, 0.5) is 0 Å². The van der Waals surface area contributed by atoms with Crippen molar-refractivity contribution in [2.24, 2.45) is 5.16 Å². The Hall–Kier alpha value is -1.94. The Bertz CT molecular complexity index is 1060. The van der Waals surface area contributed by atoms with Crippen molar-refractivity contribution in [3.63, 3.8) is 0 Å². The lowest BCUT2D eigenvalue weighted by Gasteiger charge is -2.26. The zero-order valence-electron chi connectivity index (χ0n) is 16.2. The lowest BCUT2D eigenvalue weighted by Crippen LogP contribution is -2.36. The Morgan fingerprint density at radius 1 is 1.23 bits per heavy atom. The predicted molar refractivity (Wildman–Crippen MR) is 116 cm³/mol. The van der Waals surface area contributed by atoms with E-state index in [-0.39, 0.29) is 17.3 Å². The van der Waals surface area contributed by atoms with E-state index >= 15 is 0 Å². The molecule has 160 valence electrons. The van der Waals surface area contributed by atoms with E-state index in [0.717, 1.165) is 24.1 Å². The highest BCUT2D eigenvalue weighted by Gasteiger charge is 2.30. The average molecular weight is 468 g/mol. The normalized spacial score (nSPS) is 19.9. The Kier molecular flexibility index (Phi) is 6.43. The van der Waals surface area contributed by atoms with Gasteiger partial charge in [0.1, 0.15) is 5.71 Å². The van der Waals surface area contributed by atoms with Crippen LogP contribution < -0.4 is 5.32 Å². The second kappa shape index (κ2) is 9.05. The van der Waals surface area contributed by atoms with E-state index in [9.17, 15) is 13.2 Å². The lowest BCUT2D eigenvalue weighted by atomic mass is 10.1. The second-order valence-electron chi connectivity index (χ2n) is 7.27. The van der Waals surface area contributed by atoms with Gasteiger partial charge in [-0.25, -0.2) is 8.42 Å². The molecule has 7 nitrogen and oxygen atoms in total. The summed E-state index contributed by atoms with van der Waals surface area (Å²) in [6.07, 6.45) is 2.50. The van der Waals surface area contributed by atoms with Crippen LogP contribution in [-0.4, -0.2) is 43.5 Å². The number of sulfonamides is 1. The Labute approximate surface area is 184 Å². The smallest absolute Gasteiger partial charge is 0.264 e. The summed E-state index contributed by atoms with van der Waals surface area (Å²) in [4.78, 5) is 18.9. The van der Waals surface area contributed by atoms with Gasteiger partial charge in [-0.3, -0.25) is 4.79 Å². The summed E-state index contributed by atoms with van der Waals surface area (Å²) < 4.78 is 27.9. The fraction of sp³-hybridized carbons (Fsp3) is 0.400. The predicted octanol–water partition coefficient (Wildman–Crippen LogP) is 3.39. The number of thiophene rings is 1. The number of nitrogens with zero attached hydrogens (tertiary/aromatic N) is 2. The van der Waals surface area contributed by atoms with E-state index in [2.05, 4.69) is 10.5 Å². The van der Waals surface area contributed by atoms with Crippen molar-refractivity contribution < 1.29 is 18.0 Å². The molecule has 10 heteroatoms. The van der Waals surface area contributed by atoms with Gasteiger partial charge < -0.3 is 10.2 Å². The highest BCUT2D eigenvalue weighted by Crippen LogP contribution is 2.26. The monoisotopic (exact) mass is 467 g/mol. The standard InChI is InChI=1S/C20H22ClN3O4S2/c21-19-8-7-18(29-19)16-12-17(28-23-16)20(25)22-13-14-5-4-6-15(11-14)30(26,27)24-9-2-1-3-10-24/h4-8,11,17H,1-3,9-10,12-13H2,(H,22,25). The fourth-order valence-electron chi connectivity index (χ4n) is 3.51. The number of amides is 1. The zero-order valence-corrected chi connectivity index (χ0v) is 18.6. The van der Waals surface area contributed by atoms with Gasteiger partial charge in [-0.05, 0) is 42.7 Å². The molecule has 0 bridgehead atoms. The molecule has 3 heterocycles. The third kappa shape index (κ3) is 4.69. The number of hydrogen-bond acceptors (Lipinski definition) is 6. The van der Waals surface area contributed by atoms with Gasteiger partial charge in [-0.1, -0.05) is 35.3 Å². The molecule has 2 aliphatic rings. The minimum absolute atomic E-state index is 0.211. The van der Waals surface area contributed by atoms with Crippen molar-refractivity contribution in [2.45, 2.75) is 43.2 Å². The van der Waals surface area contributed by atoms with Crippen molar-refractivity contribution in [3.8, 4) is 0 Å². The molecule has 1 amide bonds. The summed E-state index contributed by atoms with van der Waals surface area (Å²) in [7, 11) is -3.51. The van der Waals surface area contributed by atoms with Crippen LogP contribution >= 0.6 is 22.9 Å². The van der Waals surface area contributed by atoms with Crippen LogP contribution in [-0.2, 0) is 26.2 Å². The van der Waals surface area contributed by atoms with Gasteiger partial charge in [-0.15, -0.1) is 11.3 Å². The van der Waals surface area contributed by atoms with Gasteiger partial charge >= 0.3 is 0 Å². The number of carbonyl (C=O) groups is 1. The van der Waals surface area contributed by atoms with Crippen LogP contribution in [0.25, 0.3) is 0 Å². The molecular formula is C20H22ClN3O4S2. The second-order valence-corrected chi connectivity index (χ2v) is 10.9. The minimum Gasteiger partial charge on any atom is -0.382 e. The number of benzene rings is 1. The van der Waals surface area contributed by atoms with Crippen molar-refractivity contribution in [2.75, 3.05) is 13.1 Å². The average Bonchev–Trinajstić information content (AvgIpc) is 3.42. The van der Waals surface area contributed by atoms with E-state index in [4.69, 9.17) is 16.4 Å². The molecule has 30 heavy (non-hydrogen) atoms. The molecule has 0 spiro atoms. The van der Waals surface area contributed by atoms with Crippen LogP contribution in [0.2, 0.25) is 4.34 Å². The number of halogens is 1. The molecule has 0 saturated carbocycles. The quantitative estimate of drug-likeness (QED) is 0.705. The molecule has 1 unspecified atom stereocenters.